The van der Waals surface area contributed by atoms with Gasteiger partial charge in [-0.1, -0.05) is 65.3 Å². The number of rotatable bonds is 7. The number of thiophene rings is 1. The Morgan fingerprint density at radius 3 is 2.65 bits per heavy atom. The average Bonchev–Trinajstić information content (AvgIpc) is 3.31. The number of aromatic nitrogens is 3. The van der Waals surface area contributed by atoms with Gasteiger partial charge >= 0.3 is 0 Å². The fraction of sp³-hybridized carbons (Fsp3) is 0.167. The van der Waals surface area contributed by atoms with Crippen molar-refractivity contribution in [1.29, 1.82) is 0 Å². The molecule has 4 aromatic rings. The smallest absolute Gasteiger partial charge is 0.192 e. The second-order valence-corrected chi connectivity index (χ2v) is 9.61. The predicted octanol–water partition coefficient (Wildman–Crippen LogP) is 7.56. The summed E-state index contributed by atoms with van der Waals surface area (Å²) >= 11 is 9.42. The monoisotopic (exact) mass is 469 g/mol. The minimum absolute atomic E-state index is 0.340. The molecule has 0 bridgehead atoms. The van der Waals surface area contributed by atoms with Crippen molar-refractivity contribution in [3.8, 4) is 22.5 Å². The summed E-state index contributed by atoms with van der Waals surface area (Å²) in [5, 5.41) is 12.3. The van der Waals surface area contributed by atoms with E-state index in [1.54, 1.807) is 17.4 Å². The van der Waals surface area contributed by atoms with Gasteiger partial charge in [-0.15, -0.1) is 28.1 Å². The molecular formula is C24H21ClFN3S2. The first kappa shape index (κ1) is 21.8. The number of hydrogen-bond acceptors (Lipinski definition) is 4. The molecular weight excluding hydrogens is 449 g/mol. The fourth-order valence-electron chi connectivity index (χ4n) is 3.37. The maximum absolute atomic E-state index is 13.3. The predicted molar refractivity (Wildman–Crippen MR) is 129 cm³/mol. The van der Waals surface area contributed by atoms with Crippen molar-refractivity contribution in [3.63, 3.8) is 0 Å². The van der Waals surface area contributed by atoms with Crippen molar-refractivity contribution >= 4 is 34.7 Å². The number of hydrogen-bond donors (Lipinski definition) is 0. The highest BCUT2D eigenvalue weighted by Gasteiger charge is 2.20. The topological polar surface area (TPSA) is 30.7 Å². The van der Waals surface area contributed by atoms with Crippen LogP contribution in [0, 0.1) is 19.7 Å². The van der Waals surface area contributed by atoms with Crippen LogP contribution in [0.2, 0.25) is 5.02 Å². The highest BCUT2D eigenvalue weighted by Crippen LogP contribution is 2.39. The van der Waals surface area contributed by atoms with Gasteiger partial charge in [-0.3, -0.25) is 4.57 Å². The van der Waals surface area contributed by atoms with E-state index in [0.717, 1.165) is 22.1 Å². The highest BCUT2D eigenvalue weighted by molar-refractivity contribution is 7.98. The van der Waals surface area contributed by atoms with Crippen LogP contribution in [0.3, 0.4) is 0 Å². The third-order valence-corrected chi connectivity index (χ3v) is 7.24. The van der Waals surface area contributed by atoms with E-state index in [9.17, 15) is 4.39 Å². The third kappa shape index (κ3) is 4.61. The van der Waals surface area contributed by atoms with Crippen molar-refractivity contribution in [1.82, 2.24) is 14.8 Å². The van der Waals surface area contributed by atoms with Crippen LogP contribution in [0.25, 0.3) is 22.5 Å². The molecule has 0 radical (unpaired) electrons. The lowest BCUT2D eigenvalue weighted by atomic mass is 10.0. The summed E-state index contributed by atoms with van der Waals surface area (Å²) in [5.41, 5.74) is 5.49. The Kier molecular flexibility index (Phi) is 6.60. The van der Waals surface area contributed by atoms with Gasteiger partial charge in [0.2, 0.25) is 0 Å². The van der Waals surface area contributed by atoms with E-state index in [1.807, 2.05) is 6.08 Å². The van der Waals surface area contributed by atoms with Crippen LogP contribution in [0.15, 0.2) is 65.7 Å². The number of halogens is 2. The SMILES string of the molecule is C=CCn1c(SCc2ccc(F)cc2Cl)nnc1-c1csc(C)c1-c1ccc(C)cc1. The molecule has 0 unspecified atom stereocenters. The normalized spacial score (nSPS) is 11.1. The molecule has 2 aromatic heterocycles. The Balaban J connectivity index is 1.70. The Labute approximate surface area is 194 Å². The van der Waals surface area contributed by atoms with E-state index in [2.05, 4.69) is 64.8 Å². The Hall–Kier alpha value is -2.41. The van der Waals surface area contributed by atoms with Crippen molar-refractivity contribution in [2.45, 2.75) is 31.3 Å². The largest absolute Gasteiger partial charge is 0.298 e. The van der Waals surface area contributed by atoms with E-state index in [-0.39, 0.29) is 5.82 Å². The van der Waals surface area contributed by atoms with Crippen LogP contribution in [-0.2, 0) is 12.3 Å². The Morgan fingerprint density at radius 1 is 1.16 bits per heavy atom. The van der Waals surface area contributed by atoms with E-state index in [4.69, 9.17) is 11.6 Å². The van der Waals surface area contributed by atoms with E-state index in [1.165, 1.54) is 45.5 Å². The molecule has 2 aromatic carbocycles. The summed E-state index contributed by atoms with van der Waals surface area (Å²) in [6, 6.07) is 13.0. The molecule has 0 fully saturated rings. The van der Waals surface area contributed by atoms with Crippen molar-refractivity contribution in [3.05, 3.63) is 87.3 Å². The molecule has 7 heteroatoms. The molecule has 31 heavy (non-hydrogen) atoms. The molecule has 4 rings (SSSR count). The summed E-state index contributed by atoms with van der Waals surface area (Å²) in [6.07, 6.45) is 1.84. The lowest BCUT2D eigenvalue weighted by Gasteiger charge is -2.10. The molecule has 0 amide bonds. The van der Waals surface area contributed by atoms with Crippen LogP contribution in [0.5, 0.6) is 0 Å². The van der Waals surface area contributed by atoms with Gasteiger partial charge in [0, 0.05) is 38.7 Å². The van der Waals surface area contributed by atoms with Crippen molar-refractivity contribution in [2.24, 2.45) is 0 Å². The van der Waals surface area contributed by atoms with Crippen LogP contribution in [-0.4, -0.2) is 14.8 Å². The fourth-order valence-corrected chi connectivity index (χ4v) is 5.50. The van der Waals surface area contributed by atoms with Gasteiger partial charge < -0.3 is 0 Å². The average molecular weight is 470 g/mol. The molecule has 0 N–H and O–H groups in total. The molecule has 0 aliphatic rings. The lowest BCUT2D eigenvalue weighted by Crippen LogP contribution is -2.01. The van der Waals surface area contributed by atoms with Crippen LogP contribution in [0.4, 0.5) is 4.39 Å². The molecule has 0 aliphatic heterocycles. The summed E-state index contributed by atoms with van der Waals surface area (Å²) < 4.78 is 15.4. The van der Waals surface area contributed by atoms with Crippen LogP contribution >= 0.6 is 34.7 Å². The zero-order chi connectivity index (χ0) is 22.0. The standard InChI is InChI=1S/C24H21ClFN3S2/c1-4-11-29-23(20-14-30-16(3)22(20)17-7-5-15(2)6-8-17)27-28-24(29)31-13-18-9-10-19(26)12-21(18)25/h4-10,12,14H,1,11,13H2,2-3H3. The molecule has 0 aliphatic carbocycles. The highest BCUT2D eigenvalue weighted by atomic mass is 35.5. The minimum Gasteiger partial charge on any atom is -0.298 e. The van der Waals surface area contributed by atoms with E-state index < -0.39 is 0 Å². The zero-order valence-corrected chi connectivity index (χ0v) is 19.6. The van der Waals surface area contributed by atoms with Crippen molar-refractivity contribution in [2.75, 3.05) is 0 Å². The number of benzene rings is 2. The second kappa shape index (κ2) is 9.39. The molecule has 158 valence electrons. The molecule has 2 heterocycles. The minimum atomic E-state index is -0.340. The number of allylic oxidation sites excluding steroid dienone is 1. The van der Waals surface area contributed by atoms with E-state index >= 15 is 0 Å². The van der Waals surface area contributed by atoms with Gasteiger partial charge in [0.05, 0.1) is 0 Å². The van der Waals surface area contributed by atoms with Gasteiger partial charge in [-0.05, 0) is 37.1 Å². The third-order valence-electron chi connectivity index (χ3n) is 4.96. The quantitative estimate of drug-likeness (QED) is 0.206. The van der Waals surface area contributed by atoms with E-state index in [0.29, 0.717) is 17.3 Å². The molecule has 3 nitrogen and oxygen atoms in total. The van der Waals surface area contributed by atoms with Gasteiger partial charge in [0.15, 0.2) is 11.0 Å². The molecule has 0 spiro atoms. The number of aryl methyl sites for hydroxylation is 2. The van der Waals surface area contributed by atoms with Gasteiger partial charge in [0.25, 0.3) is 0 Å². The summed E-state index contributed by atoms with van der Waals surface area (Å²) in [4.78, 5) is 1.24. The first-order valence-electron chi connectivity index (χ1n) is 9.74. The summed E-state index contributed by atoms with van der Waals surface area (Å²) in [7, 11) is 0. The maximum atomic E-state index is 13.3. The number of thioether (sulfide) groups is 1. The first-order valence-corrected chi connectivity index (χ1v) is 12.0. The van der Waals surface area contributed by atoms with Gasteiger partial charge in [-0.2, -0.15) is 0 Å². The summed E-state index contributed by atoms with van der Waals surface area (Å²) in [6.45, 7) is 8.71. The Morgan fingerprint density at radius 2 is 1.94 bits per heavy atom. The summed E-state index contributed by atoms with van der Waals surface area (Å²) in [5.74, 6) is 1.04. The first-order chi connectivity index (χ1) is 15.0. The zero-order valence-electron chi connectivity index (χ0n) is 17.2. The van der Waals surface area contributed by atoms with Crippen LogP contribution in [0.1, 0.15) is 16.0 Å². The maximum Gasteiger partial charge on any atom is 0.192 e. The van der Waals surface area contributed by atoms with Crippen LogP contribution < -0.4 is 0 Å². The molecule has 0 saturated heterocycles. The van der Waals surface area contributed by atoms with Gasteiger partial charge in [-0.25, -0.2) is 4.39 Å². The second-order valence-electron chi connectivity index (χ2n) is 7.18. The Bertz CT molecular complexity index is 1230. The van der Waals surface area contributed by atoms with Gasteiger partial charge in [0.1, 0.15) is 5.82 Å². The molecule has 0 saturated carbocycles. The lowest BCUT2D eigenvalue weighted by molar-refractivity contribution is 0.627. The number of nitrogens with zero attached hydrogens (tertiary/aromatic N) is 3. The van der Waals surface area contributed by atoms with Crippen molar-refractivity contribution < 1.29 is 4.39 Å². The molecule has 0 atom stereocenters.